The Morgan fingerprint density at radius 1 is 1.45 bits per heavy atom. The molecule has 0 spiro atoms. The Hall–Kier alpha value is -1.43. The molecule has 0 radical (unpaired) electrons. The van der Waals surface area contributed by atoms with Gasteiger partial charge < -0.3 is 16.0 Å². The van der Waals surface area contributed by atoms with Crippen LogP contribution in [0.2, 0.25) is 0 Å². The van der Waals surface area contributed by atoms with Gasteiger partial charge in [-0.2, -0.15) is 0 Å². The molecule has 0 aromatic carbocycles. The number of thiocarbonyl (C=S) groups is 1. The van der Waals surface area contributed by atoms with Crippen molar-refractivity contribution >= 4 is 23.1 Å². The first kappa shape index (κ1) is 15.0. The van der Waals surface area contributed by atoms with E-state index >= 15 is 0 Å². The van der Waals surface area contributed by atoms with Gasteiger partial charge in [0, 0.05) is 25.4 Å². The molecule has 0 atom stereocenters. The fourth-order valence-electron chi connectivity index (χ4n) is 2.80. The van der Waals surface area contributed by atoms with Crippen molar-refractivity contribution in [2.45, 2.75) is 44.9 Å². The van der Waals surface area contributed by atoms with E-state index < -0.39 is 5.41 Å². The number of nitrogens with two attached hydrogens (primary N) is 1. The maximum absolute atomic E-state index is 12.4. The van der Waals surface area contributed by atoms with E-state index in [0.717, 1.165) is 50.8 Å². The van der Waals surface area contributed by atoms with Gasteiger partial charge in [0.05, 0.1) is 10.4 Å². The second-order valence-electron chi connectivity index (χ2n) is 5.40. The van der Waals surface area contributed by atoms with Crippen LogP contribution in [-0.2, 0) is 11.2 Å². The fraction of sp³-hybridized carbons (Fsp3) is 0.643. The van der Waals surface area contributed by atoms with Crippen LogP contribution in [0.1, 0.15) is 44.3 Å². The summed E-state index contributed by atoms with van der Waals surface area (Å²) in [5, 5.41) is 2.99. The van der Waals surface area contributed by atoms with E-state index in [-0.39, 0.29) is 5.91 Å². The molecule has 1 saturated carbocycles. The van der Waals surface area contributed by atoms with Crippen LogP contribution in [0.4, 0.5) is 0 Å². The second kappa shape index (κ2) is 6.83. The summed E-state index contributed by atoms with van der Waals surface area (Å²) in [5.74, 6) is 0.949. The largest absolute Gasteiger partial charge is 0.392 e. The smallest absolute Gasteiger partial charge is 0.233 e. The zero-order chi connectivity index (χ0) is 14.4. The van der Waals surface area contributed by atoms with E-state index in [1.165, 1.54) is 0 Å². The number of hydrogen-bond acceptors (Lipinski definition) is 3. The van der Waals surface area contributed by atoms with Crippen LogP contribution in [0, 0.1) is 5.41 Å². The Balaban J connectivity index is 1.81. The lowest BCUT2D eigenvalue weighted by atomic mass is 9.73. The van der Waals surface area contributed by atoms with E-state index in [1.807, 2.05) is 0 Å². The van der Waals surface area contributed by atoms with Gasteiger partial charge in [-0.3, -0.25) is 4.79 Å². The number of H-pyrrole nitrogens is 1. The molecule has 1 heterocycles. The Labute approximate surface area is 124 Å². The predicted octanol–water partition coefficient (Wildman–Crippen LogP) is 1.70. The van der Waals surface area contributed by atoms with Crippen LogP contribution in [0.3, 0.4) is 0 Å². The standard InChI is InChI=1S/C14H22N4OS/c15-12(20)14(6-2-1-3-7-14)13(19)18-8-4-5-11-16-9-10-17-11/h9-10H,1-8H2,(H2,15,20)(H,16,17)(H,18,19). The number of aromatic amines is 1. The van der Waals surface area contributed by atoms with Crippen LogP contribution in [0.5, 0.6) is 0 Å². The zero-order valence-corrected chi connectivity index (χ0v) is 12.5. The molecule has 110 valence electrons. The Morgan fingerprint density at radius 3 is 2.80 bits per heavy atom. The minimum atomic E-state index is -0.613. The third-order valence-corrected chi connectivity index (χ3v) is 4.43. The van der Waals surface area contributed by atoms with E-state index in [4.69, 9.17) is 18.0 Å². The molecular weight excluding hydrogens is 272 g/mol. The molecule has 1 aromatic heterocycles. The molecule has 1 aliphatic carbocycles. The third-order valence-electron chi connectivity index (χ3n) is 4.04. The third kappa shape index (κ3) is 3.36. The maximum atomic E-state index is 12.4. The van der Waals surface area contributed by atoms with Crippen LogP contribution in [0.15, 0.2) is 12.4 Å². The van der Waals surface area contributed by atoms with E-state index in [0.29, 0.717) is 11.5 Å². The summed E-state index contributed by atoms with van der Waals surface area (Å²) in [4.78, 5) is 20.0. The van der Waals surface area contributed by atoms with Crippen molar-refractivity contribution in [1.82, 2.24) is 15.3 Å². The minimum Gasteiger partial charge on any atom is -0.392 e. The van der Waals surface area contributed by atoms with Crippen molar-refractivity contribution < 1.29 is 4.79 Å². The average molecular weight is 294 g/mol. The van der Waals surface area contributed by atoms with Gasteiger partial charge in [0.2, 0.25) is 5.91 Å². The van der Waals surface area contributed by atoms with Gasteiger partial charge in [-0.05, 0) is 19.3 Å². The lowest BCUT2D eigenvalue weighted by Crippen LogP contribution is -2.50. The number of carbonyl (C=O) groups is 1. The number of carbonyl (C=O) groups excluding carboxylic acids is 1. The van der Waals surface area contributed by atoms with Gasteiger partial charge in [0.1, 0.15) is 5.82 Å². The quantitative estimate of drug-likeness (QED) is 0.551. The van der Waals surface area contributed by atoms with E-state index in [2.05, 4.69) is 15.3 Å². The Morgan fingerprint density at radius 2 is 2.20 bits per heavy atom. The van der Waals surface area contributed by atoms with Crippen LogP contribution >= 0.6 is 12.2 Å². The number of nitrogens with zero attached hydrogens (tertiary/aromatic N) is 1. The molecule has 0 saturated heterocycles. The molecule has 1 fully saturated rings. The van der Waals surface area contributed by atoms with Crippen molar-refractivity contribution in [2.24, 2.45) is 11.1 Å². The highest BCUT2D eigenvalue weighted by Gasteiger charge is 2.41. The lowest BCUT2D eigenvalue weighted by Gasteiger charge is -2.34. The van der Waals surface area contributed by atoms with Gasteiger partial charge in [-0.15, -0.1) is 0 Å². The van der Waals surface area contributed by atoms with Gasteiger partial charge >= 0.3 is 0 Å². The molecule has 0 unspecified atom stereocenters. The molecule has 1 aliphatic rings. The SMILES string of the molecule is NC(=S)C1(C(=O)NCCCc2ncc[nH]2)CCCCC1. The predicted molar refractivity (Wildman–Crippen MR) is 82.2 cm³/mol. The summed E-state index contributed by atoms with van der Waals surface area (Å²) in [5.41, 5.74) is 5.23. The number of hydrogen-bond donors (Lipinski definition) is 3. The Bertz CT molecular complexity index is 452. The highest BCUT2D eigenvalue weighted by molar-refractivity contribution is 7.80. The zero-order valence-electron chi connectivity index (χ0n) is 11.7. The van der Waals surface area contributed by atoms with Crippen LogP contribution in [-0.4, -0.2) is 27.4 Å². The first-order chi connectivity index (χ1) is 9.65. The number of amides is 1. The Kier molecular flexibility index (Phi) is 5.11. The monoisotopic (exact) mass is 294 g/mol. The molecule has 0 aliphatic heterocycles. The highest BCUT2D eigenvalue weighted by Crippen LogP contribution is 2.36. The number of nitrogens with one attached hydrogen (secondary N) is 2. The first-order valence-electron chi connectivity index (χ1n) is 7.21. The fourth-order valence-corrected chi connectivity index (χ4v) is 3.10. The summed E-state index contributed by atoms with van der Waals surface area (Å²) in [6.45, 7) is 0.629. The van der Waals surface area contributed by atoms with Crippen molar-refractivity contribution in [2.75, 3.05) is 6.54 Å². The molecule has 0 bridgehead atoms. The summed E-state index contributed by atoms with van der Waals surface area (Å²) in [6.07, 6.45) is 10.00. The normalized spacial score (nSPS) is 17.6. The van der Waals surface area contributed by atoms with Gasteiger partial charge in [0.15, 0.2) is 0 Å². The molecular formula is C14H22N4OS. The van der Waals surface area contributed by atoms with Crippen LogP contribution in [0.25, 0.3) is 0 Å². The summed E-state index contributed by atoms with van der Waals surface area (Å²) < 4.78 is 0. The summed E-state index contributed by atoms with van der Waals surface area (Å²) >= 11 is 5.15. The van der Waals surface area contributed by atoms with Gasteiger partial charge in [-0.1, -0.05) is 31.5 Å². The van der Waals surface area contributed by atoms with Gasteiger partial charge in [0.25, 0.3) is 0 Å². The molecule has 2 rings (SSSR count). The second-order valence-corrected chi connectivity index (χ2v) is 5.84. The van der Waals surface area contributed by atoms with Crippen molar-refractivity contribution in [3.05, 3.63) is 18.2 Å². The molecule has 4 N–H and O–H groups in total. The number of aryl methyl sites for hydroxylation is 1. The topological polar surface area (TPSA) is 83.8 Å². The lowest BCUT2D eigenvalue weighted by molar-refractivity contribution is -0.128. The molecule has 20 heavy (non-hydrogen) atoms. The summed E-state index contributed by atoms with van der Waals surface area (Å²) in [6, 6.07) is 0. The van der Waals surface area contributed by atoms with Crippen LogP contribution < -0.4 is 11.1 Å². The molecule has 1 amide bonds. The summed E-state index contributed by atoms with van der Waals surface area (Å²) in [7, 11) is 0. The van der Waals surface area contributed by atoms with E-state index in [9.17, 15) is 4.79 Å². The van der Waals surface area contributed by atoms with Crippen molar-refractivity contribution in [3.63, 3.8) is 0 Å². The van der Waals surface area contributed by atoms with Crippen molar-refractivity contribution in [3.8, 4) is 0 Å². The average Bonchev–Trinajstić information content (AvgIpc) is 2.97. The number of imidazole rings is 1. The van der Waals surface area contributed by atoms with Crippen molar-refractivity contribution in [1.29, 1.82) is 0 Å². The highest BCUT2D eigenvalue weighted by atomic mass is 32.1. The molecule has 6 heteroatoms. The maximum Gasteiger partial charge on any atom is 0.233 e. The van der Waals surface area contributed by atoms with E-state index in [1.54, 1.807) is 12.4 Å². The number of rotatable bonds is 6. The molecule has 5 nitrogen and oxygen atoms in total. The molecule has 1 aromatic rings. The number of aromatic nitrogens is 2. The van der Waals surface area contributed by atoms with Gasteiger partial charge in [-0.25, -0.2) is 4.98 Å². The first-order valence-corrected chi connectivity index (χ1v) is 7.62. The minimum absolute atomic E-state index is 0.00384.